The van der Waals surface area contributed by atoms with Gasteiger partial charge in [0.2, 0.25) is 0 Å². The van der Waals surface area contributed by atoms with E-state index in [9.17, 15) is 4.39 Å². The Morgan fingerprint density at radius 2 is 1.77 bits per heavy atom. The third kappa shape index (κ3) is 5.09. The minimum atomic E-state index is -0.250. The average molecular weight is 346 g/mol. The van der Waals surface area contributed by atoms with Gasteiger partial charge in [0.15, 0.2) is 0 Å². The summed E-state index contributed by atoms with van der Waals surface area (Å²) in [5.74, 6) is 7.35. The van der Waals surface area contributed by atoms with Crippen LogP contribution in [0.25, 0.3) is 0 Å². The number of hydrogen-bond donors (Lipinski definition) is 0. The Kier molecular flexibility index (Phi) is 6.29. The first kappa shape index (κ1) is 18.5. The molecule has 0 unspecified atom stereocenters. The summed E-state index contributed by atoms with van der Waals surface area (Å²) in [6.45, 7) is 5.80. The molecule has 1 heteroatoms. The highest BCUT2D eigenvalue weighted by atomic mass is 19.1. The van der Waals surface area contributed by atoms with E-state index in [4.69, 9.17) is 0 Å². The second-order valence-corrected chi connectivity index (χ2v) is 7.49. The molecule has 0 bridgehead atoms. The maximum atomic E-state index is 13.8. The van der Waals surface area contributed by atoms with Crippen LogP contribution in [-0.2, 0) is 6.42 Å². The lowest BCUT2D eigenvalue weighted by molar-refractivity contribution is 0.296. The molecular formula is C25H27F. The highest BCUT2D eigenvalue weighted by Gasteiger charge is 2.18. The fraction of sp³-hybridized carbons (Fsp3) is 0.360. The molecule has 2 aromatic rings. The van der Waals surface area contributed by atoms with Crippen molar-refractivity contribution in [2.45, 2.75) is 45.4 Å². The summed E-state index contributed by atoms with van der Waals surface area (Å²) in [6.07, 6.45) is 9.80. The first-order chi connectivity index (χ1) is 12.6. The van der Waals surface area contributed by atoms with Gasteiger partial charge in [-0.25, -0.2) is 4.39 Å². The van der Waals surface area contributed by atoms with Crippen LogP contribution in [-0.4, -0.2) is 0 Å². The number of allylic oxidation sites excluding steroid dienone is 1. The molecule has 3 rings (SSSR count). The van der Waals surface area contributed by atoms with Crippen LogP contribution >= 0.6 is 0 Å². The predicted molar refractivity (Wildman–Crippen MR) is 108 cm³/mol. The van der Waals surface area contributed by atoms with E-state index in [-0.39, 0.29) is 5.82 Å². The van der Waals surface area contributed by atoms with E-state index in [1.54, 1.807) is 6.07 Å². The molecular weight excluding hydrogens is 319 g/mol. The van der Waals surface area contributed by atoms with Gasteiger partial charge in [-0.1, -0.05) is 36.1 Å². The van der Waals surface area contributed by atoms with Crippen molar-refractivity contribution in [1.82, 2.24) is 0 Å². The zero-order valence-electron chi connectivity index (χ0n) is 15.6. The Hall–Kier alpha value is -2.33. The van der Waals surface area contributed by atoms with Crippen molar-refractivity contribution in [1.29, 1.82) is 0 Å². The number of halogens is 1. The van der Waals surface area contributed by atoms with Gasteiger partial charge >= 0.3 is 0 Å². The molecule has 0 N–H and O–H groups in total. The number of benzene rings is 2. The van der Waals surface area contributed by atoms with Crippen molar-refractivity contribution in [2.24, 2.45) is 11.8 Å². The van der Waals surface area contributed by atoms with Crippen molar-refractivity contribution < 1.29 is 4.39 Å². The molecule has 0 nitrogen and oxygen atoms in total. The van der Waals surface area contributed by atoms with Gasteiger partial charge in [0, 0.05) is 5.56 Å². The Balaban J connectivity index is 1.54. The highest BCUT2D eigenvalue weighted by Crippen LogP contribution is 2.32. The largest absolute Gasteiger partial charge is 0.206 e. The van der Waals surface area contributed by atoms with Crippen LogP contribution in [0.15, 0.2) is 55.1 Å². The van der Waals surface area contributed by atoms with Gasteiger partial charge < -0.3 is 0 Å². The molecule has 26 heavy (non-hydrogen) atoms. The van der Waals surface area contributed by atoms with Gasteiger partial charge in [-0.3, -0.25) is 0 Å². The van der Waals surface area contributed by atoms with Gasteiger partial charge in [0.05, 0.1) is 5.56 Å². The van der Waals surface area contributed by atoms with E-state index in [0.717, 1.165) is 29.4 Å². The van der Waals surface area contributed by atoms with Crippen molar-refractivity contribution in [3.05, 3.63) is 83.2 Å². The molecule has 0 amide bonds. The molecule has 1 saturated carbocycles. The zero-order chi connectivity index (χ0) is 18.4. The van der Waals surface area contributed by atoms with Crippen LogP contribution in [0.3, 0.4) is 0 Å². The van der Waals surface area contributed by atoms with Crippen LogP contribution in [0.2, 0.25) is 0 Å². The van der Waals surface area contributed by atoms with Crippen molar-refractivity contribution in [2.75, 3.05) is 0 Å². The van der Waals surface area contributed by atoms with Crippen molar-refractivity contribution in [3.63, 3.8) is 0 Å². The topological polar surface area (TPSA) is 0 Å². The monoisotopic (exact) mass is 346 g/mol. The van der Waals surface area contributed by atoms with E-state index in [1.807, 2.05) is 25.1 Å². The minimum absolute atomic E-state index is 0.250. The highest BCUT2D eigenvalue weighted by molar-refractivity contribution is 5.44. The van der Waals surface area contributed by atoms with E-state index < -0.39 is 0 Å². The third-order valence-electron chi connectivity index (χ3n) is 5.49. The summed E-state index contributed by atoms with van der Waals surface area (Å²) in [6, 6.07) is 13.6. The molecule has 1 aliphatic rings. The minimum Gasteiger partial charge on any atom is -0.206 e. The maximum Gasteiger partial charge on any atom is 0.139 e. The van der Waals surface area contributed by atoms with E-state index in [1.165, 1.54) is 43.7 Å². The average Bonchev–Trinajstić information content (AvgIpc) is 2.67. The molecule has 0 saturated heterocycles. The molecule has 2 aromatic carbocycles. The summed E-state index contributed by atoms with van der Waals surface area (Å²) < 4.78 is 13.8. The number of rotatable bonds is 4. The molecule has 0 spiro atoms. The van der Waals surface area contributed by atoms with E-state index >= 15 is 0 Å². The Labute approximate surface area is 157 Å². The molecule has 0 atom stereocenters. The lowest BCUT2D eigenvalue weighted by atomic mass is 9.79. The normalized spacial score (nSPS) is 19.5. The standard InChI is InChI=1S/C25H27F/c1-3-20-5-7-21(8-6-20)9-10-22-11-13-23(14-12-22)15-17-24-16-4-19(2)18-25(24)26/h3-4,11-14,16,18,20-21H,1,5-10H2,2H3. The number of hydrogen-bond acceptors (Lipinski definition) is 0. The van der Waals surface area contributed by atoms with Crippen LogP contribution in [0.1, 0.15) is 54.4 Å². The summed E-state index contributed by atoms with van der Waals surface area (Å²) >= 11 is 0. The summed E-state index contributed by atoms with van der Waals surface area (Å²) in [4.78, 5) is 0. The molecule has 0 aromatic heterocycles. The first-order valence-corrected chi connectivity index (χ1v) is 9.63. The van der Waals surface area contributed by atoms with Gasteiger partial charge in [0.1, 0.15) is 5.82 Å². The molecule has 0 aliphatic heterocycles. The predicted octanol–water partition coefficient (Wildman–Crippen LogP) is 6.46. The van der Waals surface area contributed by atoms with Crippen LogP contribution in [0, 0.1) is 36.4 Å². The Morgan fingerprint density at radius 3 is 2.42 bits per heavy atom. The smallest absolute Gasteiger partial charge is 0.139 e. The second-order valence-electron chi connectivity index (χ2n) is 7.49. The van der Waals surface area contributed by atoms with Gasteiger partial charge in [-0.2, -0.15) is 0 Å². The molecule has 134 valence electrons. The summed E-state index contributed by atoms with van der Waals surface area (Å²) in [5.41, 5.74) is 3.66. The van der Waals surface area contributed by atoms with Gasteiger partial charge in [-0.05, 0) is 92.7 Å². The Morgan fingerprint density at radius 1 is 1.04 bits per heavy atom. The van der Waals surface area contributed by atoms with Crippen LogP contribution in [0.4, 0.5) is 4.39 Å². The van der Waals surface area contributed by atoms with Crippen LogP contribution < -0.4 is 0 Å². The SMILES string of the molecule is C=CC1CCC(CCc2ccc(C#Cc3ccc(C)cc3F)cc2)CC1. The molecule has 1 aliphatic carbocycles. The van der Waals surface area contributed by atoms with Crippen molar-refractivity contribution in [3.8, 4) is 11.8 Å². The Bertz CT molecular complexity index is 796. The molecule has 0 heterocycles. The lowest BCUT2D eigenvalue weighted by Gasteiger charge is -2.26. The zero-order valence-corrected chi connectivity index (χ0v) is 15.6. The van der Waals surface area contributed by atoms with Gasteiger partial charge in [-0.15, -0.1) is 6.58 Å². The second kappa shape index (κ2) is 8.86. The van der Waals surface area contributed by atoms with Crippen LogP contribution in [0.5, 0.6) is 0 Å². The quantitative estimate of drug-likeness (QED) is 0.440. The van der Waals surface area contributed by atoms with Crippen molar-refractivity contribution >= 4 is 0 Å². The third-order valence-corrected chi connectivity index (χ3v) is 5.49. The molecule has 0 radical (unpaired) electrons. The van der Waals surface area contributed by atoms with E-state index in [0.29, 0.717) is 5.56 Å². The number of aryl methyl sites for hydroxylation is 2. The van der Waals surface area contributed by atoms with E-state index in [2.05, 4.69) is 36.6 Å². The van der Waals surface area contributed by atoms with Gasteiger partial charge in [0.25, 0.3) is 0 Å². The fourth-order valence-corrected chi connectivity index (χ4v) is 3.70. The first-order valence-electron chi connectivity index (χ1n) is 9.63. The lowest BCUT2D eigenvalue weighted by Crippen LogP contribution is -2.13. The fourth-order valence-electron chi connectivity index (χ4n) is 3.70. The maximum absolute atomic E-state index is 13.8. The summed E-state index contributed by atoms with van der Waals surface area (Å²) in [7, 11) is 0. The molecule has 1 fully saturated rings. The summed E-state index contributed by atoms with van der Waals surface area (Å²) in [5, 5.41) is 0.